The fourth-order valence-corrected chi connectivity index (χ4v) is 2.27. The molecule has 3 N–H and O–H groups in total. The van der Waals surface area contributed by atoms with E-state index in [0.29, 0.717) is 12.3 Å². The standard InChI is InChI=1S/C15H22N2O/c1-15(2,12-6-7-12)17-14(18)10-5-11-3-8-13(16)9-4-11/h3-4,8-9,12H,5-7,10,16H2,1-2H3,(H,17,18). The van der Waals surface area contributed by atoms with Crippen molar-refractivity contribution in [3.8, 4) is 0 Å². The van der Waals surface area contributed by atoms with E-state index in [2.05, 4.69) is 19.2 Å². The second-order valence-corrected chi connectivity index (χ2v) is 5.79. The van der Waals surface area contributed by atoms with Crippen LogP contribution >= 0.6 is 0 Å². The number of nitrogens with one attached hydrogen (secondary N) is 1. The van der Waals surface area contributed by atoms with Gasteiger partial charge in [-0.3, -0.25) is 4.79 Å². The van der Waals surface area contributed by atoms with Gasteiger partial charge in [0.1, 0.15) is 0 Å². The number of nitrogens with two attached hydrogens (primary N) is 1. The summed E-state index contributed by atoms with van der Waals surface area (Å²) in [7, 11) is 0. The predicted octanol–water partition coefficient (Wildman–Crippen LogP) is 2.51. The fourth-order valence-electron chi connectivity index (χ4n) is 2.27. The van der Waals surface area contributed by atoms with Gasteiger partial charge in [-0.2, -0.15) is 0 Å². The summed E-state index contributed by atoms with van der Waals surface area (Å²) in [4.78, 5) is 11.9. The molecule has 1 aromatic carbocycles. The normalized spacial score (nSPS) is 15.4. The van der Waals surface area contributed by atoms with Crippen LogP contribution in [0.4, 0.5) is 5.69 Å². The highest BCUT2D eigenvalue weighted by molar-refractivity contribution is 5.77. The lowest BCUT2D eigenvalue weighted by Gasteiger charge is -2.26. The van der Waals surface area contributed by atoms with Crippen molar-refractivity contribution < 1.29 is 4.79 Å². The van der Waals surface area contributed by atoms with E-state index in [1.807, 2.05) is 24.3 Å². The molecule has 18 heavy (non-hydrogen) atoms. The van der Waals surface area contributed by atoms with Crippen LogP contribution in [0.5, 0.6) is 0 Å². The second kappa shape index (κ2) is 5.01. The Hall–Kier alpha value is -1.51. The van der Waals surface area contributed by atoms with Crippen LogP contribution in [0.2, 0.25) is 0 Å². The molecule has 2 rings (SSSR count). The molecule has 0 bridgehead atoms. The average Bonchev–Trinajstić information content (AvgIpc) is 3.11. The zero-order chi connectivity index (χ0) is 13.2. The summed E-state index contributed by atoms with van der Waals surface area (Å²) in [5.41, 5.74) is 7.50. The van der Waals surface area contributed by atoms with Gasteiger partial charge in [0.25, 0.3) is 0 Å². The number of nitrogen functional groups attached to an aromatic ring is 1. The van der Waals surface area contributed by atoms with Gasteiger partial charge in [0.05, 0.1) is 0 Å². The molecule has 1 aromatic rings. The number of anilines is 1. The van der Waals surface area contributed by atoms with Crippen LogP contribution in [0.15, 0.2) is 24.3 Å². The molecule has 98 valence electrons. The maximum Gasteiger partial charge on any atom is 0.220 e. The molecule has 3 heteroatoms. The third-order valence-corrected chi connectivity index (χ3v) is 3.68. The molecule has 0 atom stereocenters. The molecule has 1 amide bonds. The maximum absolute atomic E-state index is 11.9. The number of rotatable bonds is 5. The lowest BCUT2D eigenvalue weighted by atomic mass is 9.98. The zero-order valence-corrected chi connectivity index (χ0v) is 11.2. The SMILES string of the molecule is CC(C)(NC(=O)CCc1ccc(N)cc1)C1CC1. The summed E-state index contributed by atoms with van der Waals surface area (Å²) in [6, 6.07) is 7.71. The van der Waals surface area contributed by atoms with Crippen molar-refractivity contribution in [2.24, 2.45) is 5.92 Å². The lowest BCUT2D eigenvalue weighted by molar-refractivity contribution is -0.122. The molecule has 0 unspecified atom stereocenters. The molecular weight excluding hydrogens is 224 g/mol. The molecule has 0 saturated heterocycles. The Morgan fingerprint density at radius 2 is 1.94 bits per heavy atom. The minimum atomic E-state index is -0.0435. The maximum atomic E-state index is 11.9. The van der Waals surface area contributed by atoms with Crippen LogP contribution in [0.25, 0.3) is 0 Å². The van der Waals surface area contributed by atoms with Gasteiger partial charge in [-0.25, -0.2) is 0 Å². The van der Waals surface area contributed by atoms with Crippen molar-refractivity contribution in [2.75, 3.05) is 5.73 Å². The number of hydrogen-bond donors (Lipinski definition) is 2. The molecule has 1 fully saturated rings. The summed E-state index contributed by atoms with van der Waals surface area (Å²) in [6.07, 6.45) is 3.80. The first-order chi connectivity index (χ1) is 8.47. The van der Waals surface area contributed by atoms with Gasteiger partial charge in [-0.1, -0.05) is 12.1 Å². The third kappa shape index (κ3) is 3.49. The lowest BCUT2D eigenvalue weighted by Crippen LogP contribution is -2.45. The Morgan fingerprint density at radius 1 is 1.33 bits per heavy atom. The van der Waals surface area contributed by atoms with Crippen LogP contribution in [0, 0.1) is 5.92 Å². The van der Waals surface area contributed by atoms with E-state index in [1.165, 1.54) is 12.8 Å². The van der Waals surface area contributed by atoms with Crippen molar-refractivity contribution in [3.05, 3.63) is 29.8 Å². The number of aryl methyl sites for hydroxylation is 1. The summed E-state index contributed by atoms with van der Waals surface area (Å²) < 4.78 is 0. The fraction of sp³-hybridized carbons (Fsp3) is 0.533. The van der Waals surface area contributed by atoms with Crippen LogP contribution in [0.1, 0.15) is 38.7 Å². The number of hydrogen-bond acceptors (Lipinski definition) is 2. The molecule has 3 nitrogen and oxygen atoms in total. The largest absolute Gasteiger partial charge is 0.399 e. The van der Waals surface area contributed by atoms with Crippen molar-refractivity contribution in [1.82, 2.24) is 5.32 Å². The monoisotopic (exact) mass is 246 g/mol. The van der Waals surface area contributed by atoms with Gasteiger partial charge in [-0.05, 0) is 56.7 Å². The van der Waals surface area contributed by atoms with Gasteiger partial charge >= 0.3 is 0 Å². The van der Waals surface area contributed by atoms with E-state index < -0.39 is 0 Å². The summed E-state index contributed by atoms with van der Waals surface area (Å²) in [5, 5.41) is 3.14. The van der Waals surface area contributed by atoms with E-state index in [0.717, 1.165) is 17.7 Å². The highest BCUT2D eigenvalue weighted by Crippen LogP contribution is 2.39. The molecule has 1 saturated carbocycles. The number of carbonyl (C=O) groups excluding carboxylic acids is 1. The number of amides is 1. The number of carbonyl (C=O) groups is 1. The second-order valence-electron chi connectivity index (χ2n) is 5.79. The van der Waals surface area contributed by atoms with Crippen LogP contribution in [-0.2, 0) is 11.2 Å². The van der Waals surface area contributed by atoms with Crippen molar-refractivity contribution in [1.29, 1.82) is 0 Å². The molecule has 1 aliphatic carbocycles. The van der Waals surface area contributed by atoms with Crippen molar-refractivity contribution >= 4 is 11.6 Å². The minimum absolute atomic E-state index is 0.0435. The zero-order valence-electron chi connectivity index (χ0n) is 11.2. The van der Waals surface area contributed by atoms with E-state index in [9.17, 15) is 4.79 Å². The van der Waals surface area contributed by atoms with Crippen LogP contribution in [-0.4, -0.2) is 11.4 Å². The Morgan fingerprint density at radius 3 is 2.50 bits per heavy atom. The smallest absolute Gasteiger partial charge is 0.220 e. The first kappa shape index (κ1) is 12.9. The summed E-state index contributed by atoms with van der Waals surface area (Å²) >= 11 is 0. The Balaban J connectivity index is 1.79. The highest BCUT2D eigenvalue weighted by atomic mass is 16.1. The first-order valence-corrected chi connectivity index (χ1v) is 6.63. The van der Waals surface area contributed by atoms with E-state index in [4.69, 9.17) is 5.73 Å². The van der Waals surface area contributed by atoms with Gasteiger partial charge in [0.2, 0.25) is 5.91 Å². The minimum Gasteiger partial charge on any atom is -0.399 e. The molecule has 0 heterocycles. The van der Waals surface area contributed by atoms with Crippen molar-refractivity contribution in [3.63, 3.8) is 0 Å². The van der Waals surface area contributed by atoms with Gasteiger partial charge < -0.3 is 11.1 Å². The molecule has 0 aromatic heterocycles. The third-order valence-electron chi connectivity index (χ3n) is 3.68. The predicted molar refractivity (Wildman–Crippen MR) is 74.1 cm³/mol. The molecule has 0 aliphatic heterocycles. The summed E-state index contributed by atoms with van der Waals surface area (Å²) in [6.45, 7) is 4.23. The Labute approximate surface area is 109 Å². The van der Waals surface area contributed by atoms with E-state index in [-0.39, 0.29) is 11.4 Å². The molecule has 0 radical (unpaired) electrons. The van der Waals surface area contributed by atoms with Gasteiger partial charge in [0.15, 0.2) is 0 Å². The molecule has 1 aliphatic rings. The topological polar surface area (TPSA) is 55.1 Å². The van der Waals surface area contributed by atoms with E-state index >= 15 is 0 Å². The summed E-state index contributed by atoms with van der Waals surface area (Å²) in [5.74, 6) is 0.807. The number of benzene rings is 1. The van der Waals surface area contributed by atoms with Crippen molar-refractivity contribution in [2.45, 2.75) is 45.1 Å². The quantitative estimate of drug-likeness (QED) is 0.784. The Bertz CT molecular complexity index is 419. The first-order valence-electron chi connectivity index (χ1n) is 6.63. The highest BCUT2D eigenvalue weighted by Gasteiger charge is 2.38. The Kier molecular flexibility index (Phi) is 3.60. The molecular formula is C15H22N2O. The van der Waals surface area contributed by atoms with Crippen LogP contribution < -0.4 is 11.1 Å². The van der Waals surface area contributed by atoms with Gasteiger partial charge in [-0.15, -0.1) is 0 Å². The van der Waals surface area contributed by atoms with Gasteiger partial charge in [0, 0.05) is 17.6 Å². The average molecular weight is 246 g/mol. The van der Waals surface area contributed by atoms with Crippen LogP contribution in [0.3, 0.4) is 0 Å². The van der Waals surface area contributed by atoms with E-state index in [1.54, 1.807) is 0 Å². The molecule has 0 spiro atoms.